The summed E-state index contributed by atoms with van der Waals surface area (Å²) in [6.45, 7) is 6.62. The molecule has 0 spiro atoms. The van der Waals surface area contributed by atoms with Crippen molar-refractivity contribution in [2.75, 3.05) is 36.0 Å². The summed E-state index contributed by atoms with van der Waals surface area (Å²) in [5.41, 5.74) is 1.50. The second-order valence-corrected chi connectivity index (χ2v) is 19.0. The van der Waals surface area contributed by atoms with E-state index in [9.17, 15) is 49.7 Å². The van der Waals surface area contributed by atoms with Gasteiger partial charge in [-0.15, -0.1) is 0 Å². The second-order valence-electron chi connectivity index (χ2n) is 19.0. The predicted molar refractivity (Wildman–Crippen MR) is 257 cm³/mol. The number of carbonyl (C=O) groups is 3. The SMILES string of the molecule is CC(C)(C)OC(=O)N1Cc2nc(-c3c(F)cccc3C#N)cc(-n3ccc(N4CCC[C@H](O)[C@H](O)C4)n3)c2C1=O.N#Cc1cccc(F)c1-c1cc(-n2ccc(N3CCC[C@H](O)[C@H](O)C3)n2)c2c(n1)CNC2=O. The smallest absolute Gasteiger partial charge is 0.417 e. The Morgan fingerprint density at radius 2 is 1.21 bits per heavy atom. The van der Waals surface area contributed by atoms with Gasteiger partial charge in [0.15, 0.2) is 11.6 Å². The Balaban J connectivity index is 0.000000183. The fourth-order valence-electron chi connectivity index (χ4n) is 9.23. The van der Waals surface area contributed by atoms with Crippen molar-refractivity contribution in [2.45, 2.75) is 89.6 Å². The fourth-order valence-corrected chi connectivity index (χ4v) is 9.23. The number of imide groups is 1. The fraction of sp³-hybridized carbons (Fsp3) is 0.353. The van der Waals surface area contributed by atoms with Gasteiger partial charge in [-0.05, 0) is 82.9 Å². The molecule has 5 N–H and O–H groups in total. The van der Waals surface area contributed by atoms with Crippen molar-refractivity contribution in [1.82, 2.24) is 39.7 Å². The average Bonchev–Trinajstić information content (AvgIpc) is 4.16. The highest BCUT2D eigenvalue weighted by Crippen LogP contribution is 2.36. The minimum atomic E-state index is -0.946. The Hall–Kier alpha value is -8.15. The summed E-state index contributed by atoms with van der Waals surface area (Å²) in [4.78, 5) is 52.6. The minimum Gasteiger partial charge on any atom is -0.443 e. The number of halogens is 2. The van der Waals surface area contributed by atoms with Gasteiger partial charge < -0.3 is 40.3 Å². The molecular weight excluding hydrogens is 947 g/mol. The summed E-state index contributed by atoms with van der Waals surface area (Å²) < 4.78 is 38.1. The topological polar surface area (TPSA) is 272 Å². The number of fused-ring (bicyclic) bond motifs is 2. The molecule has 0 unspecified atom stereocenters. The minimum absolute atomic E-state index is 0.0331. The van der Waals surface area contributed by atoms with Gasteiger partial charge in [-0.2, -0.15) is 20.7 Å². The lowest BCUT2D eigenvalue weighted by Crippen LogP contribution is -2.37. The molecule has 3 amide bonds. The number of nitrogens with zero attached hydrogens (tertiary/aromatic N) is 11. The van der Waals surface area contributed by atoms with Crippen LogP contribution >= 0.6 is 0 Å². The normalized spacial score (nSPS) is 19.7. The molecule has 2 aromatic carbocycles. The molecular formula is C51H50F2N12O8. The first-order chi connectivity index (χ1) is 34.9. The lowest BCUT2D eigenvalue weighted by molar-refractivity contribution is 0.0246. The highest BCUT2D eigenvalue weighted by atomic mass is 19.1. The third-order valence-corrected chi connectivity index (χ3v) is 12.8. The molecule has 73 heavy (non-hydrogen) atoms. The van der Waals surface area contributed by atoms with Crippen LogP contribution in [0.15, 0.2) is 73.1 Å². The number of nitrogens with one attached hydrogen (secondary N) is 1. The molecule has 2 fully saturated rings. The monoisotopic (exact) mass is 996 g/mol. The van der Waals surface area contributed by atoms with Gasteiger partial charge in [0.2, 0.25) is 0 Å². The van der Waals surface area contributed by atoms with Crippen molar-refractivity contribution in [1.29, 1.82) is 10.5 Å². The maximum atomic E-state index is 15.0. The Labute approximate surface area is 416 Å². The maximum absolute atomic E-state index is 15.0. The van der Waals surface area contributed by atoms with E-state index in [1.807, 2.05) is 21.9 Å². The number of hydrogen-bond donors (Lipinski definition) is 5. The van der Waals surface area contributed by atoms with Gasteiger partial charge in [-0.3, -0.25) is 9.59 Å². The van der Waals surface area contributed by atoms with E-state index in [1.165, 1.54) is 51.8 Å². The number of carbonyl (C=O) groups excluding carboxylic acids is 3. The standard InChI is InChI=1S/C28H29FN6O5.C23H21FN6O3/c1-28(2,3)40-27(39)34-14-19-25(26(34)38)20(12-18(31-19)24-16(13-30)6-4-7-17(24)29)35-11-9-23(32-35)33-10-5-8-21(36)22(37)15-33;24-14-4-1-3-13(10-25)21(14)15-9-17(22-16(27-15)11-26-23(22)33)30-8-6-20(28-30)29-7-2-5-18(31)19(32)12-29/h4,6-7,9,11-12,21-22,36-37H,5,8,10,14-15H2,1-3H3;1,3-4,6,8-9,18-19,31-32H,2,5,7,11-12H2,(H,26,33)/t21-,22+;18-,19+/m00/s1. The average molecular weight is 997 g/mol. The quantitative estimate of drug-likeness (QED) is 0.152. The van der Waals surface area contributed by atoms with Crippen molar-refractivity contribution < 1.29 is 48.3 Å². The molecule has 376 valence electrons. The van der Waals surface area contributed by atoms with E-state index in [4.69, 9.17) is 4.74 Å². The zero-order valence-electron chi connectivity index (χ0n) is 39.9. The van der Waals surface area contributed by atoms with E-state index in [1.54, 1.807) is 51.4 Å². The van der Waals surface area contributed by atoms with Crippen LogP contribution in [0.25, 0.3) is 33.9 Å². The molecule has 6 aromatic rings. The van der Waals surface area contributed by atoms with Crippen LogP contribution in [0.5, 0.6) is 0 Å². The summed E-state index contributed by atoms with van der Waals surface area (Å²) >= 11 is 0. The predicted octanol–water partition coefficient (Wildman–Crippen LogP) is 4.67. The molecule has 2 saturated heterocycles. The number of aromatic nitrogens is 6. The van der Waals surface area contributed by atoms with Crippen molar-refractivity contribution in [3.8, 4) is 46.0 Å². The molecule has 20 nitrogen and oxygen atoms in total. The van der Waals surface area contributed by atoms with E-state index in [0.717, 1.165) is 4.90 Å². The van der Waals surface area contributed by atoms with Gasteiger partial charge in [0.1, 0.15) is 17.2 Å². The first-order valence-corrected chi connectivity index (χ1v) is 23.6. The van der Waals surface area contributed by atoms with Crippen molar-refractivity contribution in [2.24, 2.45) is 0 Å². The van der Waals surface area contributed by atoms with Crippen LogP contribution in [-0.4, -0.2) is 129 Å². The van der Waals surface area contributed by atoms with Gasteiger partial charge in [-0.25, -0.2) is 37.8 Å². The van der Waals surface area contributed by atoms with Gasteiger partial charge in [0.05, 0.1) is 117 Å². The summed E-state index contributed by atoms with van der Waals surface area (Å²) in [7, 11) is 0. The summed E-state index contributed by atoms with van der Waals surface area (Å²) in [6, 6.07) is 18.8. The summed E-state index contributed by atoms with van der Waals surface area (Å²) in [5, 5.41) is 71.5. The summed E-state index contributed by atoms with van der Waals surface area (Å²) in [6.07, 6.45) is 1.32. The lowest BCUT2D eigenvalue weighted by Gasteiger charge is -2.23. The number of nitriles is 2. The van der Waals surface area contributed by atoms with Crippen LogP contribution in [0.2, 0.25) is 0 Å². The number of aliphatic hydroxyl groups excluding tert-OH is 4. The van der Waals surface area contributed by atoms with E-state index in [-0.39, 0.29) is 82.7 Å². The number of pyridine rings is 2. The van der Waals surface area contributed by atoms with Gasteiger partial charge >= 0.3 is 6.09 Å². The van der Waals surface area contributed by atoms with Crippen molar-refractivity contribution >= 4 is 29.5 Å². The number of aliphatic hydroxyl groups is 4. The lowest BCUT2D eigenvalue weighted by atomic mass is 10.0. The Morgan fingerprint density at radius 3 is 1.70 bits per heavy atom. The van der Waals surface area contributed by atoms with Gasteiger partial charge in [-0.1, -0.05) is 12.1 Å². The molecule has 8 heterocycles. The van der Waals surface area contributed by atoms with Crippen LogP contribution in [0, 0.1) is 34.3 Å². The Morgan fingerprint density at radius 1 is 0.712 bits per heavy atom. The number of anilines is 2. The second kappa shape index (κ2) is 20.2. The molecule has 4 aliphatic rings. The van der Waals surface area contributed by atoms with Crippen LogP contribution < -0.4 is 15.1 Å². The zero-order valence-corrected chi connectivity index (χ0v) is 39.9. The number of benzene rings is 2. The zero-order chi connectivity index (χ0) is 51.9. The molecule has 10 rings (SSSR count). The molecule has 4 atom stereocenters. The molecule has 4 aliphatic heterocycles. The third kappa shape index (κ3) is 10.1. The Bertz CT molecular complexity index is 3230. The molecule has 0 bridgehead atoms. The highest BCUT2D eigenvalue weighted by molar-refractivity contribution is 6.09. The van der Waals surface area contributed by atoms with Gasteiger partial charge in [0.25, 0.3) is 11.8 Å². The number of hydrogen-bond acceptors (Lipinski definition) is 16. The van der Waals surface area contributed by atoms with Gasteiger partial charge in [0, 0.05) is 50.7 Å². The van der Waals surface area contributed by atoms with Crippen LogP contribution in [0.1, 0.15) is 89.7 Å². The maximum Gasteiger partial charge on any atom is 0.417 e. The molecule has 0 radical (unpaired) electrons. The third-order valence-electron chi connectivity index (χ3n) is 12.8. The number of amides is 3. The highest BCUT2D eigenvalue weighted by Gasteiger charge is 2.40. The van der Waals surface area contributed by atoms with Crippen molar-refractivity contribution in [3.05, 3.63) is 118 Å². The van der Waals surface area contributed by atoms with E-state index in [0.29, 0.717) is 67.4 Å². The first kappa shape index (κ1) is 49.8. The van der Waals surface area contributed by atoms with E-state index in [2.05, 4.69) is 25.5 Å². The van der Waals surface area contributed by atoms with Crippen LogP contribution in [0.3, 0.4) is 0 Å². The number of ether oxygens (including phenoxy) is 1. The van der Waals surface area contributed by atoms with Crippen molar-refractivity contribution in [3.63, 3.8) is 0 Å². The molecule has 0 aliphatic carbocycles. The van der Waals surface area contributed by atoms with Crippen LogP contribution in [-0.2, 0) is 17.8 Å². The molecule has 4 aromatic heterocycles. The molecule has 0 saturated carbocycles. The van der Waals surface area contributed by atoms with E-state index >= 15 is 4.39 Å². The summed E-state index contributed by atoms with van der Waals surface area (Å²) in [5.74, 6) is -1.11. The molecule has 22 heteroatoms. The number of rotatable bonds is 6. The number of β-amino-alcohol motifs (C(OH)–C–C–N with tert-alkyl or cyclic N) is 2. The van der Waals surface area contributed by atoms with Crippen LogP contribution in [0.4, 0.5) is 25.2 Å². The van der Waals surface area contributed by atoms with E-state index < -0.39 is 53.7 Å². The largest absolute Gasteiger partial charge is 0.443 e. The first-order valence-electron chi connectivity index (χ1n) is 23.6. The Kier molecular flexibility index (Phi) is 13.8.